The average molecular weight is 302 g/mol. The molecule has 0 saturated carbocycles. The summed E-state index contributed by atoms with van der Waals surface area (Å²) in [6.07, 6.45) is -3.39. The number of alkyl halides is 3. The van der Waals surface area contributed by atoms with Gasteiger partial charge in [0.2, 0.25) is 0 Å². The Balaban J connectivity index is 3.10. The number of rotatable bonds is 6. The Kier molecular flexibility index (Phi) is 6.08. The van der Waals surface area contributed by atoms with Crippen LogP contribution in [0.1, 0.15) is 38.3 Å². The first-order valence-corrected chi connectivity index (χ1v) is 7.24. The third kappa shape index (κ3) is 4.92. The molecule has 0 aliphatic rings. The van der Waals surface area contributed by atoms with Gasteiger partial charge in [-0.25, -0.2) is 0 Å². The highest BCUT2D eigenvalue weighted by molar-refractivity contribution is 5.52. The molecule has 0 spiro atoms. The first kappa shape index (κ1) is 17.8. The summed E-state index contributed by atoms with van der Waals surface area (Å²) in [7, 11) is 3.49. The Morgan fingerprint density at radius 2 is 1.81 bits per heavy atom. The van der Waals surface area contributed by atoms with Crippen LogP contribution in [-0.4, -0.2) is 20.1 Å². The quantitative estimate of drug-likeness (QED) is 0.843. The van der Waals surface area contributed by atoms with E-state index in [1.807, 2.05) is 18.9 Å². The summed E-state index contributed by atoms with van der Waals surface area (Å²) >= 11 is 0. The highest BCUT2D eigenvalue weighted by Crippen LogP contribution is 2.35. The topological polar surface area (TPSA) is 15.3 Å². The second kappa shape index (κ2) is 7.16. The van der Waals surface area contributed by atoms with Crippen LogP contribution in [0.2, 0.25) is 0 Å². The van der Waals surface area contributed by atoms with Gasteiger partial charge in [-0.05, 0) is 44.0 Å². The molecule has 0 aliphatic heterocycles. The van der Waals surface area contributed by atoms with Gasteiger partial charge in [-0.15, -0.1) is 0 Å². The second-order valence-electron chi connectivity index (χ2n) is 5.96. The summed E-state index contributed by atoms with van der Waals surface area (Å²) in [5, 5.41) is 2.78. The van der Waals surface area contributed by atoms with Gasteiger partial charge in [0.05, 0.1) is 5.56 Å². The molecular formula is C16H25F3N2. The first-order valence-electron chi connectivity index (χ1n) is 7.24. The van der Waals surface area contributed by atoms with E-state index in [-0.39, 0.29) is 18.2 Å². The molecule has 5 heteroatoms. The van der Waals surface area contributed by atoms with Gasteiger partial charge >= 0.3 is 6.18 Å². The van der Waals surface area contributed by atoms with Crippen molar-refractivity contribution in [1.82, 2.24) is 5.32 Å². The summed E-state index contributed by atoms with van der Waals surface area (Å²) in [4.78, 5) is 1.92. The lowest BCUT2D eigenvalue weighted by atomic mass is 10.0. The fourth-order valence-electron chi connectivity index (χ4n) is 2.49. The van der Waals surface area contributed by atoms with Gasteiger partial charge in [0, 0.05) is 25.3 Å². The zero-order valence-electron chi connectivity index (χ0n) is 13.4. The van der Waals surface area contributed by atoms with E-state index in [0.717, 1.165) is 6.42 Å². The highest BCUT2D eigenvalue weighted by atomic mass is 19.4. The highest BCUT2D eigenvalue weighted by Gasteiger charge is 2.33. The minimum absolute atomic E-state index is 0.196. The number of halogens is 3. The van der Waals surface area contributed by atoms with Gasteiger partial charge in [-0.1, -0.05) is 19.9 Å². The van der Waals surface area contributed by atoms with Gasteiger partial charge < -0.3 is 10.2 Å². The zero-order chi connectivity index (χ0) is 16.2. The van der Waals surface area contributed by atoms with Crippen molar-refractivity contribution >= 4 is 5.69 Å². The molecule has 0 heterocycles. The number of nitrogens with zero attached hydrogens (tertiary/aromatic N) is 1. The van der Waals surface area contributed by atoms with Gasteiger partial charge in [0.1, 0.15) is 0 Å². The number of anilines is 1. The minimum Gasteiger partial charge on any atom is -0.372 e. The molecule has 120 valence electrons. The Morgan fingerprint density at radius 1 is 1.19 bits per heavy atom. The van der Waals surface area contributed by atoms with Gasteiger partial charge in [-0.3, -0.25) is 0 Å². The van der Waals surface area contributed by atoms with E-state index in [0.29, 0.717) is 11.6 Å². The third-order valence-electron chi connectivity index (χ3n) is 3.65. The molecule has 0 bridgehead atoms. The second-order valence-corrected chi connectivity index (χ2v) is 5.96. The standard InChI is InChI=1S/C16H25F3N2/c1-11(2)8-12(3)21(5)14-7-6-13(10-20-4)15(9-14)16(17,18)19/h6-7,9,11-12,20H,8,10H2,1-5H3. The molecule has 1 atom stereocenters. The molecule has 0 radical (unpaired) electrons. The van der Waals surface area contributed by atoms with Crippen molar-refractivity contribution in [2.45, 2.75) is 46.0 Å². The van der Waals surface area contributed by atoms with Crippen LogP contribution < -0.4 is 10.2 Å². The SMILES string of the molecule is CNCc1ccc(N(C)C(C)CC(C)C)cc1C(F)(F)F. The molecule has 1 aromatic rings. The summed E-state index contributed by atoms with van der Waals surface area (Å²) in [5.74, 6) is 0.508. The number of nitrogens with one attached hydrogen (secondary N) is 1. The van der Waals surface area contributed by atoms with Crippen LogP contribution in [0, 0.1) is 5.92 Å². The van der Waals surface area contributed by atoms with E-state index in [1.54, 1.807) is 19.2 Å². The minimum atomic E-state index is -4.33. The molecule has 1 unspecified atom stereocenters. The lowest BCUT2D eigenvalue weighted by Gasteiger charge is -2.29. The van der Waals surface area contributed by atoms with Crippen molar-refractivity contribution < 1.29 is 13.2 Å². The van der Waals surface area contributed by atoms with Gasteiger partial charge in [0.25, 0.3) is 0 Å². The van der Waals surface area contributed by atoms with E-state index < -0.39 is 11.7 Å². The zero-order valence-corrected chi connectivity index (χ0v) is 13.4. The molecule has 0 aromatic heterocycles. The van der Waals surface area contributed by atoms with Crippen LogP contribution >= 0.6 is 0 Å². The van der Waals surface area contributed by atoms with E-state index >= 15 is 0 Å². The van der Waals surface area contributed by atoms with Crippen LogP contribution in [0.25, 0.3) is 0 Å². The van der Waals surface area contributed by atoms with E-state index in [9.17, 15) is 13.2 Å². The largest absolute Gasteiger partial charge is 0.416 e. The van der Waals surface area contributed by atoms with Crippen LogP contribution in [0.3, 0.4) is 0 Å². The van der Waals surface area contributed by atoms with E-state index in [1.165, 1.54) is 6.07 Å². The molecule has 0 amide bonds. The predicted molar refractivity (Wildman–Crippen MR) is 81.5 cm³/mol. The van der Waals surface area contributed by atoms with Crippen molar-refractivity contribution in [1.29, 1.82) is 0 Å². The molecule has 21 heavy (non-hydrogen) atoms. The Bertz CT molecular complexity index is 455. The lowest BCUT2D eigenvalue weighted by molar-refractivity contribution is -0.138. The van der Waals surface area contributed by atoms with Crippen LogP contribution in [0.4, 0.5) is 18.9 Å². The predicted octanol–water partition coefficient (Wildman–Crippen LogP) is 4.30. The fourth-order valence-corrected chi connectivity index (χ4v) is 2.49. The Labute approximate surface area is 125 Å². The van der Waals surface area contributed by atoms with Crippen molar-refractivity contribution in [2.75, 3.05) is 19.0 Å². The van der Waals surface area contributed by atoms with Crippen LogP contribution in [0.15, 0.2) is 18.2 Å². The molecule has 1 aromatic carbocycles. The average Bonchev–Trinajstić information content (AvgIpc) is 2.36. The van der Waals surface area contributed by atoms with Crippen LogP contribution in [0.5, 0.6) is 0 Å². The van der Waals surface area contributed by atoms with E-state index in [2.05, 4.69) is 19.2 Å². The van der Waals surface area contributed by atoms with Gasteiger partial charge in [-0.2, -0.15) is 13.2 Å². The van der Waals surface area contributed by atoms with Gasteiger partial charge in [0.15, 0.2) is 0 Å². The number of hydrogen-bond donors (Lipinski definition) is 1. The smallest absolute Gasteiger partial charge is 0.372 e. The summed E-state index contributed by atoms with van der Waals surface area (Å²) in [6.45, 7) is 6.47. The van der Waals surface area contributed by atoms with Crippen molar-refractivity contribution in [2.24, 2.45) is 5.92 Å². The third-order valence-corrected chi connectivity index (χ3v) is 3.65. The number of hydrogen-bond acceptors (Lipinski definition) is 2. The maximum absolute atomic E-state index is 13.2. The molecule has 0 aliphatic carbocycles. The molecule has 0 saturated heterocycles. The summed E-state index contributed by atoms with van der Waals surface area (Å²) in [6, 6.07) is 4.77. The monoisotopic (exact) mass is 302 g/mol. The Morgan fingerprint density at radius 3 is 2.29 bits per heavy atom. The normalized spacial score (nSPS) is 13.6. The van der Waals surface area contributed by atoms with Crippen molar-refractivity contribution in [3.05, 3.63) is 29.3 Å². The molecule has 1 rings (SSSR count). The lowest BCUT2D eigenvalue weighted by Crippen LogP contribution is -2.30. The van der Waals surface area contributed by atoms with Crippen molar-refractivity contribution in [3.8, 4) is 0 Å². The first-order chi connectivity index (χ1) is 9.66. The Hall–Kier alpha value is -1.23. The molecule has 2 nitrogen and oxygen atoms in total. The summed E-state index contributed by atoms with van der Waals surface area (Å²) in [5.41, 5.74) is 0.326. The van der Waals surface area contributed by atoms with Crippen molar-refractivity contribution in [3.63, 3.8) is 0 Å². The van der Waals surface area contributed by atoms with E-state index in [4.69, 9.17) is 0 Å². The maximum Gasteiger partial charge on any atom is 0.416 e. The summed E-state index contributed by atoms with van der Waals surface area (Å²) < 4.78 is 39.5. The molecule has 0 fully saturated rings. The fraction of sp³-hybridized carbons (Fsp3) is 0.625. The van der Waals surface area contributed by atoms with Crippen LogP contribution in [-0.2, 0) is 12.7 Å². The maximum atomic E-state index is 13.2. The number of benzene rings is 1. The molecular weight excluding hydrogens is 277 g/mol. The molecule has 1 N–H and O–H groups in total.